The fourth-order valence-corrected chi connectivity index (χ4v) is 5.68. The van der Waals surface area contributed by atoms with Crippen LogP contribution in [0.5, 0.6) is 0 Å². The monoisotopic (exact) mass is 396 g/mol. The van der Waals surface area contributed by atoms with Gasteiger partial charge in [0, 0.05) is 43.2 Å². The van der Waals surface area contributed by atoms with Gasteiger partial charge < -0.3 is 10.2 Å². The van der Waals surface area contributed by atoms with Gasteiger partial charge in [0.05, 0.1) is 0 Å². The van der Waals surface area contributed by atoms with Crippen molar-refractivity contribution < 1.29 is 14.4 Å². The van der Waals surface area contributed by atoms with Crippen LogP contribution in [0.2, 0.25) is 0 Å². The van der Waals surface area contributed by atoms with Crippen LogP contribution < -0.4 is 10.6 Å². The number of nitrogens with zero attached hydrogens (tertiary/aromatic N) is 2. The number of nitrogens with one attached hydrogen (secondary N) is 2. The van der Waals surface area contributed by atoms with E-state index in [1.165, 1.54) is 31.2 Å². The molecule has 3 atom stereocenters. The van der Waals surface area contributed by atoms with E-state index in [0.717, 1.165) is 12.1 Å². The molecule has 0 saturated carbocycles. The lowest BCUT2D eigenvalue weighted by molar-refractivity contribution is -0.136. The van der Waals surface area contributed by atoms with Gasteiger partial charge in [-0.05, 0) is 56.3 Å². The molecule has 0 aromatic heterocycles. The van der Waals surface area contributed by atoms with Crippen LogP contribution in [0.1, 0.15) is 60.0 Å². The van der Waals surface area contributed by atoms with Gasteiger partial charge in [0.2, 0.25) is 11.8 Å². The smallest absolute Gasteiger partial charge is 0.255 e. The lowest BCUT2D eigenvalue weighted by Crippen LogP contribution is -2.52. The van der Waals surface area contributed by atoms with E-state index in [2.05, 4.69) is 28.6 Å². The third-order valence-electron chi connectivity index (χ3n) is 7.25. The first-order valence-corrected chi connectivity index (χ1v) is 10.7. The first-order chi connectivity index (χ1) is 14.0. The van der Waals surface area contributed by atoms with Crippen LogP contribution in [0.3, 0.4) is 0 Å². The Bertz CT molecular complexity index is 856. The number of carbonyl (C=O) groups is 3. The number of hydrogen-bond acceptors (Lipinski definition) is 5. The summed E-state index contributed by atoms with van der Waals surface area (Å²) in [6, 6.07) is 7.50. The highest BCUT2D eigenvalue weighted by Crippen LogP contribution is 2.37. The number of carbonyl (C=O) groups excluding carboxylic acids is 3. The Morgan fingerprint density at radius 1 is 1.10 bits per heavy atom. The minimum atomic E-state index is -0.549. The van der Waals surface area contributed by atoms with Gasteiger partial charge in [-0.2, -0.15) is 0 Å². The highest BCUT2D eigenvalue weighted by molar-refractivity contribution is 6.05. The molecule has 1 aromatic rings. The van der Waals surface area contributed by atoms with Gasteiger partial charge in [0.15, 0.2) is 0 Å². The van der Waals surface area contributed by atoms with Crippen molar-refractivity contribution in [2.24, 2.45) is 0 Å². The van der Waals surface area contributed by atoms with E-state index in [4.69, 9.17) is 0 Å². The first-order valence-electron chi connectivity index (χ1n) is 10.7. The standard InChI is InChI=1S/C22H28N4O3/c1-23-15-9-16-4-5-17(10-15)25(16)11-13-2-3-14-12-26(22(29)18(14)8-13)19-6-7-20(27)24-21(19)28/h2-3,8,15-17,19,23H,4-7,9-12H2,1H3,(H,24,27,28). The maximum atomic E-state index is 13.0. The highest BCUT2D eigenvalue weighted by Gasteiger charge is 2.41. The van der Waals surface area contributed by atoms with Crippen molar-refractivity contribution in [1.29, 1.82) is 0 Å². The second-order valence-corrected chi connectivity index (χ2v) is 8.91. The molecule has 4 aliphatic rings. The maximum absolute atomic E-state index is 13.0. The van der Waals surface area contributed by atoms with Crippen LogP contribution in [0.4, 0.5) is 0 Å². The molecular formula is C22H28N4O3. The summed E-state index contributed by atoms with van der Waals surface area (Å²) in [4.78, 5) is 40.9. The predicted molar refractivity (Wildman–Crippen MR) is 107 cm³/mol. The van der Waals surface area contributed by atoms with Crippen LogP contribution >= 0.6 is 0 Å². The molecule has 0 aliphatic carbocycles. The summed E-state index contributed by atoms with van der Waals surface area (Å²) in [5.74, 6) is -0.700. The van der Waals surface area contributed by atoms with Crippen molar-refractivity contribution >= 4 is 17.7 Å². The molecule has 5 rings (SSSR count). The van der Waals surface area contributed by atoms with E-state index in [1.54, 1.807) is 4.90 Å². The Balaban J connectivity index is 1.31. The fourth-order valence-electron chi connectivity index (χ4n) is 5.68. The summed E-state index contributed by atoms with van der Waals surface area (Å²) in [6.07, 6.45) is 5.60. The predicted octanol–water partition coefficient (Wildman–Crippen LogP) is 1.16. The van der Waals surface area contributed by atoms with Crippen molar-refractivity contribution in [2.45, 2.75) is 75.8 Å². The number of piperidine rings is 2. The van der Waals surface area contributed by atoms with Gasteiger partial charge in [-0.25, -0.2) is 0 Å². The molecule has 2 N–H and O–H groups in total. The van der Waals surface area contributed by atoms with E-state index in [1.807, 2.05) is 12.1 Å². The molecule has 0 radical (unpaired) electrons. The number of amides is 3. The first kappa shape index (κ1) is 18.8. The van der Waals surface area contributed by atoms with E-state index in [9.17, 15) is 14.4 Å². The zero-order valence-corrected chi connectivity index (χ0v) is 16.8. The Hall–Kier alpha value is -2.25. The van der Waals surface area contributed by atoms with Gasteiger partial charge in [-0.1, -0.05) is 12.1 Å². The summed E-state index contributed by atoms with van der Waals surface area (Å²) >= 11 is 0. The van der Waals surface area contributed by atoms with Crippen molar-refractivity contribution in [3.8, 4) is 0 Å². The zero-order chi connectivity index (χ0) is 20.1. The summed E-state index contributed by atoms with van der Waals surface area (Å²) in [7, 11) is 2.06. The molecule has 154 valence electrons. The van der Waals surface area contributed by atoms with Crippen LogP contribution in [0.25, 0.3) is 0 Å². The Morgan fingerprint density at radius 3 is 2.55 bits per heavy atom. The number of imide groups is 1. The lowest BCUT2D eigenvalue weighted by atomic mass is 9.96. The van der Waals surface area contributed by atoms with Crippen molar-refractivity contribution in [2.75, 3.05) is 7.05 Å². The molecular weight excluding hydrogens is 368 g/mol. The summed E-state index contributed by atoms with van der Waals surface area (Å²) in [5.41, 5.74) is 2.85. The molecule has 2 bridgehead atoms. The van der Waals surface area contributed by atoms with Crippen LogP contribution in [-0.4, -0.2) is 58.7 Å². The number of rotatable bonds is 4. The van der Waals surface area contributed by atoms with Gasteiger partial charge in [-0.3, -0.25) is 24.6 Å². The molecule has 3 unspecified atom stereocenters. The third-order valence-corrected chi connectivity index (χ3v) is 7.25. The Labute approximate surface area is 170 Å². The van der Waals surface area contributed by atoms with Gasteiger partial charge in [-0.15, -0.1) is 0 Å². The van der Waals surface area contributed by atoms with Crippen molar-refractivity contribution in [3.63, 3.8) is 0 Å². The molecule has 3 saturated heterocycles. The molecule has 1 aromatic carbocycles. The normalized spacial score (nSPS) is 31.9. The van der Waals surface area contributed by atoms with E-state index >= 15 is 0 Å². The second-order valence-electron chi connectivity index (χ2n) is 8.91. The maximum Gasteiger partial charge on any atom is 0.255 e. The highest BCUT2D eigenvalue weighted by atomic mass is 16.2. The molecule has 7 nitrogen and oxygen atoms in total. The Morgan fingerprint density at radius 2 is 1.86 bits per heavy atom. The number of fused-ring (bicyclic) bond motifs is 3. The average Bonchev–Trinajstić information content (AvgIpc) is 3.13. The number of hydrogen-bond donors (Lipinski definition) is 2. The summed E-state index contributed by atoms with van der Waals surface area (Å²) < 4.78 is 0. The zero-order valence-electron chi connectivity index (χ0n) is 16.8. The summed E-state index contributed by atoms with van der Waals surface area (Å²) in [6.45, 7) is 1.32. The molecule has 0 spiro atoms. The molecule has 3 amide bonds. The van der Waals surface area contributed by atoms with Crippen LogP contribution in [0, 0.1) is 0 Å². The van der Waals surface area contributed by atoms with Crippen molar-refractivity contribution in [1.82, 2.24) is 20.4 Å². The summed E-state index contributed by atoms with van der Waals surface area (Å²) in [5, 5.41) is 5.80. The average molecular weight is 396 g/mol. The molecule has 4 heterocycles. The molecule has 7 heteroatoms. The van der Waals surface area contributed by atoms with Crippen molar-refractivity contribution in [3.05, 3.63) is 34.9 Å². The Kier molecular flexibility index (Phi) is 4.67. The van der Waals surface area contributed by atoms with Gasteiger partial charge >= 0.3 is 0 Å². The minimum absolute atomic E-state index is 0.0896. The lowest BCUT2D eigenvalue weighted by Gasteiger charge is -2.39. The second kappa shape index (κ2) is 7.22. The van der Waals surface area contributed by atoms with Gasteiger partial charge in [0.25, 0.3) is 5.91 Å². The third kappa shape index (κ3) is 3.26. The molecule has 29 heavy (non-hydrogen) atoms. The number of benzene rings is 1. The topological polar surface area (TPSA) is 81.8 Å². The fraction of sp³-hybridized carbons (Fsp3) is 0.591. The van der Waals surface area contributed by atoms with E-state index < -0.39 is 6.04 Å². The minimum Gasteiger partial charge on any atom is -0.322 e. The largest absolute Gasteiger partial charge is 0.322 e. The van der Waals surface area contributed by atoms with E-state index in [-0.39, 0.29) is 24.1 Å². The SMILES string of the molecule is CNC1CC2CCC(C1)N2Cc1ccc2c(c1)C(=O)N(C1CCC(=O)NC1=O)C2. The van der Waals surface area contributed by atoms with E-state index in [0.29, 0.717) is 36.7 Å². The van der Waals surface area contributed by atoms with Gasteiger partial charge in [0.1, 0.15) is 6.04 Å². The van der Waals surface area contributed by atoms with Crippen LogP contribution in [0.15, 0.2) is 18.2 Å². The quantitative estimate of drug-likeness (QED) is 0.747. The molecule has 4 aliphatic heterocycles. The molecule has 3 fully saturated rings. The van der Waals surface area contributed by atoms with Crippen LogP contribution in [-0.2, 0) is 22.7 Å².